The molecule has 3 N–H and O–H groups in total. The highest BCUT2D eigenvalue weighted by Gasteiger charge is 2.08. The third-order valence-corrected chi connectivity index (χ3v) is 2.37. The zero-order chi connectivity index (χ0) is 11.4. The SMILES string of the molecule is CC(Nc1ncccn1)c1ccccc1N. The Hall–Kier alpha value is -2.10. The van der Waals surface area contributed by atoms with Gasteiger partial charge in [-0.1, -0.05) is 18.2 Å². The summed E-state index contributed by atoms with van der Waals surface area (Å²) in [6, 6.07) is 9.64. The number of nitrogens with one attached hydrogen (secondary N) is 1. The lowest BCUT2D eigenvalue weighted by Crippen LogP contribution is -2.10. The monoisotopic (exact) mass is 214 g/mol. The first-order valence-corrected chi connectivity index (χ1v) is 5.15. The molecule has 82 valence electrons. The van der Waals surface area contributed by atoms with E-state index < -0.39 is 0 Å². The Morgan fingerprint density at radius 1 is 1.12 bits per heavy atom. The number of benzene rings is 1. The fourth-order valence-corrected chi connectivity index (χ4v) is 1.55. The number of rotatable bonds is 3. The number of aromatic nitrogens is 2. The number of nitrogen functional groups attached to an aromatic ring is 1. The molecule has 0 aliphatic carbocycles. The lowest BCUT2D eigenvalue weighted by Gasteiger charge is -2.15. The van der Waals surface area contributed by atoms with E-state index in [0.717, 1.165) is 11.3 Å². The Bertz CT molecular complexity index is 456. The molecule has 0 bridgehead atoms. The van der Waals surface area contributed by atoms with Crippen molar-refractivity contribution in [1.29, 1.82) is 0 Å². The minimum Gasteiger partial charge on any atom is -0.398 e. The molecule has 1 aromatic carbocycles. The molecule has 1 heterocycles. The highest BCUT2D eigenvalue weighted by atomic mass is 15.1. The molecular formula is C12H14N4. The molecule has 0 fully saturated rings. The molecule has 0 radical (unpaired) electrons. The largest absolute Gasteiger partial charge is 0.398 e. The molecule has 4 heteroatoms. The number of hydrogen-bond donors (Lipinski definition) is 2. The van der Waals surface area contributed by atoms with Gasteiger partial charge in [0.05, 0.1) is 6.04 Å². The van der Waals surface area contributed by atoms with E-state index in [4.69, 9.17) is 5.73 Å². The number of hydrogen-bond acceptors (Lipinski definition) is 4. The van der Waals surface area contributed by atoms with E-state index in [0.29, 0.717) is 5.95 Å². The molecule has 4 nitrogen and oxygen atoms in total. The molecule has 0 amide bonds. The second-order valence-electron chi connectivity index (χ2n) is 3.57. The predicted molar refractivity (Wildman–Crippen MR) is 64.9 cm³/mol. The summed E-state index contributed by atoms with van der Waals surface area (Å²) in [5, 5.41) is 3.20. The van der Waals surface area contributed by atoms with Gasteiger partial charge in [0.2, 0.25) is 5.95 Å². The minimum atomic E-state index is 0.0867. The van der Waals surface area contributed by atoms with Crippen LogP contribution in [0.2, 0.25) is 0 Å². The first-order valence-electron chi connectivity index (χ1n) is 5.15. The molecule has 1 unspecified atom stereocenters. The standard InChI is InChI=1S/C12H14N4/c1-9(10-5-2-3-6-11(10)13)16-12-14-7-4-8-15-12/h2-9H,13H2,1H3,(H,14,15,16). The van der Waals surface area contributed by atoms with Gasteiger partial charge in [-0.2, -0.15) is 0 Å². The first kappa shape index (κ1) is 10.4. The fraction of sp³-hybridized carbons (Fsp3) is 0.167. The van der Waals surface area contributed by atoms with Crippen molar-refractivity contribution in [3.05, 3.63) is 48.3 Å². The maximum atomic E-state index is 5.89. The van der Waals surface area contributed by atoms with Crippen LogP contribution in [0.25, 0.3) is 0 Å². The van der Waals surface area contributed by atoms with Gasteiger partial charge in [0.1, 0.15) is 0 Å². The molecule has 1 atom stereocenters. The van der Waals surface area contributed by atoms with Crippen LogP contribution in [0.3, 0.4) is 0 Å². The van der Waals surface area contributed by atoms with Crippen LogP contribution in [0, 0.1) is 0 Å². The van der Waals surface area contributed by atoms with Gasteiger partial charge in [-0.05, 0) is 24.6 Å². The summed E-state index contributed by atoms with van der Waals surface area (Å²) >= 11 is 0. The van der Waals surface area contributed by atoms with Crippen molar-refractivity contribution in [2.24, 2.45) is 0 Å². The molecule has 2 rings (SSSR count). The maximum Gasteiger partial charge on any atom is 0.223 e. The van der Waals surface area contributed by atoms with Gasteiger partial charge >= 0.3 is 0 Å². The Morgan fingerprint density at radius 2 is 1.81 bits per heavy atom. The maximum absolute atomic E-state index is 5.89. The van der Waals surface area contributed by atoms with Crippen LogP contribution in [-0.4, -0.2) is 9.97 Å². The number of nitrogens with zero attached hydrogens (tertiary/aromatic N) is 2. The molecule has 16 heavy (non-hydrogen) atoms. The van der Waals surface area contributed by atoms with Gasteiger partial charge in [-0.3, -0.25) is 0 Å². The average Bonchev–Trinajstić information content (AvgIpc) is 2.31. The van der Waals surface area contributed by atoms with E-state index in [2.05, 4.69) is 15.3 Å². The summed E-state index contributed by atoms with van der Waals surface area (Å²) in [7, 11) is 0. The van der Waals surface area contributed by atoms with E-state index >= 15 is 0 Å². The molecule has 0 saturated heterocycles. The Morgan fingerprint density at radius 3 is 2.50 bits per heavy atom. The van der Waals surface area contributed by atoms with E-state index in [1.807, 2.05) is 31.2 Å². The smallest absolute Gasteiger partial charge is 0.223 e. The first-order chi connectivity index (χ1) is 7.77. The Balaban J connectivity index is 2.15. The van der Waals surface area contributed by atoms with Gasteiger partial charge in [-0.15, -0.1) is 0 Å². The summed E-state index contributed by atoms with van der Waals surface area (Å²) in [5.41, 5.74) is 7.72. The van der Waals surface area contributed by atoms with Gasteiger partial charge in [0.25, 0.3) is 0 Å². The zero-order valence-corrected chi connectivity index (χ0v) is 9.09. The average molecular weight is 214 g/mol. The summed E-state index contributed by atoms with van der Waals surface area (Å²) in [6.07, 6.45) is 3.41. The Labute approximate surface area is 94.5 Å². The second kappa shape index (κ2) is 4.61. The highest BCUT2D eigenvalue weighted by Crippen LogP contribution is 2.21. The van der Waals surface area contributed by atoms with Crippen molar-refractivity contribution < 1.29 is 0 Å². The number of para-hydroxylation sites is 1. The van der Waals surface area contributed by atoms with Gasteiger partial charge in [0.15, 0.2) is 0 Å². The van der Waals surface area contributed by atoms with Crippen molar-refractivity contribution in [3.63, 3.8) is 0 Å². The molecular weight excluding hydrogens is 200 g/mol. The second-order valence-corrected chi connectivity index (χ2v) is 3.57. The minimum absolute atomic E-state index is 0.0867. The van der Waals surface area contributed by atoms with Crippen LogP contribution >= 0.6 is 0 Å². The van der Waals surface area contributed by atoms with Crippen LogP contribution < -0.4 is 11.1 Å². The zero-order valence-electron chi connectivity index (χ0n) is 9.09. The van der Waals surface area contributed by atoms with Crippen LogP contribution in [0.5, 0.6) is 0 Å². The summed E-state index contributed by atoms with van der Waals surface area (Å²) in [4.78, 5) is 8.22. The quantitative estimate of drug-likeness (QED) is 0.769. The van der Waals surface area contributed by atoms with E-state index in [1.165, 1.54) is 0 Å². The van der Waals surface area contributed by atoms with Crippen LogP contribution in [0.4, 0.5) is 11.6 Å². The van der Waals surface area contributed by atoms with Crippen LogP contribution in [-0.2, 0) is 0 Å². The summed E-state index contributed by atoms with van der Waals surface area (Å²) < 4.78 is 0. The van der Waals surface area contributed by atoms with Gasteiger partial charge in [-0.25, -0.2) is 9.97 Å². The fourth-order valence-electron chi connectivity index (χ4n) is 1.55. The lowest BCUT2D eigenvalue weighted by molar-refractivity contribution is 0.863. The van der Waals surface area contributed by atoms with E-state index in [-0.39, 0.29) is 6.04 Å². The number of anilines is 2. The third-order valence-electron chi connectivity index (χ3n) is 2.37. The lowest BCUT2D eigenvalue weighted by atomic mass is 10.1. The van der Waals surface area contributed by atoms with Crippen molar-refractivity contribution >= 4 is 11.6 Å². The highest BCUT2D eigenvalue weighted by molar-refractivity contribution is 5.50. The third kappa shape index (κ3) is 2.28. The molecule has 1 aromatic heterocycles. The van der Waals surface area contributed by atoms with Crippen molar-refractivity contribution in [2.75, 3.05) is 11.1 Å². The van der Waals surface area contributed by atoms with Crippen molar-refractivity contribution in [3.8, 4) is 0 Å². The van der Waals surface area contributed by atoms with E-state index in [9.17, 15) is 0 Å². The molecule has 0 aliphatic rings. The van der Waals surface area contributed by atoms with E-state index in [1.54, 1.807) is 18.5 Å². The van der Waals surface area contributed by atoms with Crippen LogP contribution in [0.15, 0.2) is 42.7 Å². The molecule has 0 saturated carbocycles. The van der Waals surface area contributed by atoms with Crippen molar-refractivity contribution in [2.45, 2.75) is 13.0 Å². The molecule has 0 spiro atoms. The molecule has 0 aliphatic heterocycles. The molecule has 2 aromatic rings. The topological polar surface area (TPSA) is 63.8 Å². The Kier molecular flexibility index (Phi) is 3.00. The van der Waals surface area contributed by atoms with Gasteiger partial charge in [0, 0.05) is 18.1 Å². The normalized spacial score (nSPS) is 12.1. The van der Waals surface area contributed by atoms with Crippen molar-refractivity contribution in [1.82, 2.24) is 9.97 Å². The van der Waals surface area contributed by atoms with Crippen LogP contribution in [0.1, 0.15) is 18.5 Å². The summed E-state index contributed by atoms with van der Waals surface area (Å²) in [5.74, 6) is 0.609. The summed E-state index contributed by atoms with van der Waals surface area (Å²) in [6.45, 7) is 2.03. The van der Waals surface area contributed by atoms with Gasteiger partial charge < -0.3 is 11.1 Å². The predicted octanol–water partition coefficient (Wildman–Crippen LogP) is 2.23. The number of nitrogens with two attached hydrogens (primary N) is 1.